The maximum absolute atomic E-state index is 12.4. The first kappa shape index (κ1) is 28.3. The third-order valence-corrected chi connectivity index (χ3v) is 6.54. The Hall–Kier alpha value is -4.71. The number of hydrogen-bond acceptors (Lipinski definition) is 6. The Labute approximate surface area is 234 Å². The van der Waals surface area contributed by atoms with E-state index in [-0.39, 0.29) is 18.1 Å². The van der Waals surface area contributed by atoms with Gasteiger partial charge in [0, 0.05) is 11.6 Å². The van der Waals surface area contributed by atoms with Crippen LogP contribution in [0.4, 0.5) is 0 Å². The van der Waals surface area contributed by atoms with Crippen LogP contribution >= 0.6 is 0 Å². The van der Waals surface area contributed by atoms with Gasteiger partial charge < -0.3 is 14.2 Å². The van der Waals surface area contributed by atoms with Gasteiger partial charge in [-0.15, -0.1) is 0 Å². The zero-order valence-corrected chi connectivity index (χ0v) is 22.3. The van der Waals surface area contributed by atoms with E-state index in [1.807, 2.05) is 60.7 Å². The lowest BCUT2D eigenvalue weighted by Crippen LogP contribution is -2.22. The Bertz CT molecular complexity index is 1380. The van der Waals surface area contributed by atoms with E-state index in [0.29, 0.717) is 11.5 Å². The van der Waals surface area contributed by atoms with Crippen LogP contribution in [0.5, 0.6) is 11.5 Å². The zero-order chi connectivity index (χ0) is 28.3. The number of esters is 3. The van der Waals surface area contributed by atoms with Gasteiger partial charge in [-0.2, -0.15) is 0 Å². The van der Waals surface area contributed by atoms with Crippen molar-refractivity contribution in [3.63, 3.8) is 0 Å². The Morgan fingerprint density at radius 2 is 1.23 bits per heavy atom. The van der Waals surface area contributed by atoms with Crippen molar-refractivity contribution < 1.29 is 28.6 Å². The highest BCUT2D eigenvalue weighted by atomic mass is 16.5. The lowest BCUT2D eigenvalue weighted by molar-refractivity contribution is -0.150. The second-order valence-corrected chi connectivity index (χ2v) is 9.59. The van der Waals surface area contributed by atoms with Gasteiger partial charge in [-0.25, -0.2) is 9.59 Å². The van der Waals surface area contributed by atoms with E-state index < -0.39 is 17.9 Å². The summed E-state index contributed by atoms with van der Waals surface area (Å²) in [5, 5.41) is 0. The van der Waals surface area contributed by atoms with Crippen molar-refractivity contribution >= 4 is 30.1 Å². The first-order valence-corrected chi connectivity index (χ1v) is 13.3. The SMILES string of the molecule is C=CC(=O)Oc1ccc(-c2ccc(/C=C/c3ccc(OC(=O)C(=C)CC(=O)OC4CCCCC4)cc3)cc2)cc1. The molecule has 0 heterocycles. The molecule has 0 amide bonds. The predicted molar refractivity (Wildman–Crippen MR) is 155 cm³/mol. The molecule has 204 valence electrons. The normalized spacial score (nSPS) is 13.4. The summed E-state index contributed by atoms with van der Waals surface area (Å²) in [5.41, 5.74) is 4.06. The molecule has 1 aliphatic rings. The number of benzene rings is 3. The second kappa shape index (κ2) is 13.9. The average molecular weight is 537 g/mol. The summed E-state index contributed by atoms with van der Waals surface area (Å²) in [5.74, 6) is -0.732. The molecule has 0 spiro atoms. The summed E-state index contributed by atoms with van der Waals surface area (Å²) in [4.78, 5) is 35.8. The van der Waals surface area contributed by atoms with Crippen LogP contribution in [0, 0.1) is 0 Å². The molecular weight excluding hydrogens is 504 g/mol. The number of rotatable bonds is 10. The van der Waals surface area contributed by atoms with Crippen LogP contribution in [0.1, 0.15) is 49.7 Å². The largest absolute Gasteiger partial charge is 0.462 e. The minimum Gasteiger partial charge on any atom is -0.462 e. The summed E-state index contributed by atoms with van der Waals surface area (Å²) >= 11 is 0. The summed E-state index contributed by atoms with van der Waals surface area (Å²) in [6.45, 7) is 7.09. The van der Waals surface area contributed by atoms with Crippen LogP contribution in [0.2, 0.25) is 0 Å². The van der Waals surface area contributed by atoms with Crippen LogP contribution in [-0.4, -0.2) is 24.0 Å². The van der Waals surface area contributed by atoms with Crippen LogP contribution in [0.15, 0.2) is 97.6 Å². The first-order chi connectivity index (χ1) is 19.4. The fourth-order valence-electron chi connectivity index (χ4n) is 4.34. The molecule has 0 aliphatic heterocycles. The number of carbonyl (C=O) groups is 3. The first-order valence-electron chi connectivity index (χ1n) is 13.3. The molecule has 0 unspecified atom stereocenters. The molecule has 3 aromatic carbocycles. The van der Waals surface area contributed by atoms with Crippen LogP contribution < -0.4 is 9.47 Å². The minimum atomic E-state index is -0.642. The van der Waals surface area contributed by atoms with Crippen molar-refractivity contribution in [2.75, 3.05) is 0 Å². The van der Waals surface area contributed by atoms with E-state index in [4.69, 9.17) is 14.2 Å². The molecule has 0 saturated heterocycles. The topological polar surface area (TPSA) is 78.9 Å². The summed E-state index contributed by atoms with van der Waals surface area (Å²) < 4.78 is 15.9. The molecule has 6 heteroatoms. The van der Waals surface area contributed by atoms with Gasteiger partial charge in [0.2, 0.25) is 0 Å². The molecule has 0 atom stereocenters. The van der Waals surface area contributed by atoms with Crippen molar-refractivity contribution in [1.29, 1.82) is 0 Å². The van der Waals surface area contributed by atoms with Gasteiger partial charge in [0.25, 0.3) is 0 Å². The van der Waals surface area contributed by atoms with Crippen molar-refractivity contribution in [2.45, 2.75) is 44.6 Å². The highest BCUT2D eigenvalue weighted by Gasteiger charge is 2.20. The maximum Gasteiger partial charge on any atom is 0.339 e. The van der Waals surface area contributed by atoms with Crippen molar-refractivity contribution in [1.82, 2.24) is 0 Å². The third-order valence-electron chi connectivity index (χ3n) is 6.54. The second-order valence-electron chi connectivity index (χ2n) is 9.59. The van der Waals surface area contributed by atoms with E-state index in [9.17, 15) is 14.4 Å². The monoisotopic (exact) mass is 536 g/mol. The van der Waals surface area contributed by atoms with Crippen molar-refractivity contribution in [3.05, 3.63) is 109 Å². The van der Waals surface area contributed by atoms with Gasteiger partial charge in [0.15, 0.2) is 0 Å². The number of ether oxygens (including phenoxy) is 3. The van der Waals surface area contributed by atoms with E-state index in [2.05, 4.69) is 13.2 Å². The predicted octanol–water partition coefficient (Wildman–Crippen LogP) is 7.34. The van der Waals surface area contributed by atoms with Gasteiger partial charge in [-0.1, -0.05) is 80.3 Å². The van der Waals surface area contributed by atoms with Gasteiger partial charge >= 0.3 is 17.9 Å². The fraction of sp³-hybridized carbons (Fsp3) is 0.206. The molecule has 0 aromatic heterocycles. The zero-order valence-electron chi connectivity index (χ0n) is 22.3. The molecule has 0 radical (unpaired) electrons. The fourth-order valence-corrected chi connectivity index (χ4v) is 4.34. The highest BCUT2D eigenvalue weighted by Crippen LogP contribution is 2.24. The van der Waals surface area contributed by atoms with E-state index in [1.165, 1.54) is 6.42 Å². The Kier molecular flexibility index (Phi) is 9.83. The van der Waals surface area contributed by atoms with Crippen molar-refractivity contribution in [2.24, 2.45) is 0 Å². The smallest absolute Gasteiger partial charge is 0.339 e. The Balaban J connectivity index is 1.26. The van der Waals surface area contributed by atoms with Crippen molar-refractivity contribution in [3.8, 4) is 22.6 Å². The molecule has 1 saturated carbocycles. The standard InChI is InChI=1S/C34H32O6/c1-3-32(35)38-30-21-17-28(18-22-30)27-15-11-25(12-16-27)9-10-26-13-19-31(20-14-26)40-34(37)24(2)23-33(36)39-29-7-5-4-6-8-29/h3,9-22,29H,1-2,4-8,23H2/b10-9+. The number of hydrogen-bond donors (Lipinski definition) is 0. The maximum atomic E-state index is 12.4. The molecule has 0 N–H and O–H groups in total. The quantitative estimate of drug-likeness (QED) is 0.117. The van der Waals surface area contributed by atoms with Crippen LogP contribution in [0.3, 0.4) is 0 Å². The lowest BCUT2D eigenvalue weighted by Gasteiger charge is -2.21. The molecule has 4 rings (SSSR count). The molecule has 3 aromatic rings. The molecule has 1 fully saturated rings. The Morgan fingerprint density at radius 3 is 1.80 bits per heavy atom. The van der Waals surface area contributed by atoms with Gasteiger partial charge in [-0.05, 0) is 72.2 Å². The van der Waals surface area contributed by atoms with E-state index in [1.54, 1.807) is 24.3 Å². The lowest BCUT2D eigenvalue weighted by atomic mass is 9.98. The van der Waals surface area contributed by atoms with Gasteiger partial charge in [0.1, 0.15) is 17.6 Å². The Morgan fingerprint density at radius 1 is 0.725 bits per heavy atom. The third kappa shape index (κ3) is 8.40. The molecule has 1 aliphatic carbocycles. The molecular formula is C34H32O6. The van der Waals surface area contributed by atoms with E-state index >= 15 is 0 Å². The van der Waals surface area contributed by atoms with Crippen LogP contribution in [0.25, 0.3) is 23.3 Å². The summed E-state index contributed by atoms with van der Waals surface area (Å²) in [7, 11) is 0. The molecule has 6 nitrogen and oxygen atoms in total. The van der Waals surface area contributed by atoms with Gasteiger partial charge in [0.05, 0.1) is 6.42 Å². The van der Waals surface area contributed by atoms with Gasteiger partial charge in [-0.3, -0.25) is 4.79 Å². The summed E-state index contributed by atoms with van der Waals surface area (Å²) in [6, 6.07) is 22.4. The van der Waals surface area contributed by atoms with E-state index in [0.717, 1.165) is 54.0 Å². The number of carbonyl (C=O) groups excluding carboxylic acids is 3. The average Bonchev–Trinajstić information content (AvgIpc) is 2.98. The van der Waals surface area contributed by atoms with Crippen LogP contribution in [-0.2, 0) is 19.1 Å². The minimum absolute atomic E-state index is 0.0574. The highest BCUT2D eigenvalue weighted by molar-refractivity contribution is 5.94. The summed E-state index contributed by atoms with van der Waals surface area (Å²) in [6.07, 6.45) is 9.89. The molecule has 0 bridgehead atoms. The molecule has 40 heavy (non-hydrogen) atoms.